The summed E-state index contributed by atoms with van der Waals surface area (Å²) in [5, 5.41) is 17.8. The first-order valence-electron chi connectivity index (χ1n) is 5.57. The average molecular weight is 271 g/mol. The lowest BCUT2D eigenvalue weighted by atomic mass is 10.1. The predicted molar refractivity (Wildman–Crippen MR) is 60.9 cm³/mol. The number of hydrogen-bond acceptors (Lipinski definition) is 3. The normalized spacial score (nSPS) is 19.0. The summed E-state index contributed by atoms with van der Waals surface area (Å²) in [6, 6.07) is 1.24. The number of carbonyl (C=O) groups is 2. The summed E-state index contributed by atoms with van der Waals surface area (Å²) in [7, 11) is 0. The van der Waals surface area contributed by atoms with Crippen molar-refractivity contribution in [2.75, 3.05) is 18.1 Å². The predicted octanol–water partition coefficient (Wildman–Crippen LogP) is 1.01. The minimum absolute atomic E-state index is 0.0513. The number of aromatic carboxylic acids is 1. The second kappa shape index (κ2) is 4.93. The van der Waals surface area contributed by atoms with Gasteiger partial charge < -0.3 is 15.1 Å². The molecule has 0 radical (unpaired) electrons. The number of aliphatic hydroxyl groups excluding tert-OH is 1. The molecule has 7 heteroatoms. The quantitative estimate of drug-likeness (QED) is 0.860. The van der Waals surface area contributed by atoms with E-state index < -0.39 is 29.1 Å². The SMILES string of the molecule is O=C(O)c1cc(N2CC(CO)CC2=O)c(F)cc1F. The number of carbonyl (C=O) groups excluding carboxylic acids is 1. The molecule has 5 nitrogen and oxygen atoms in total. The van der Waals surface area contributed by atoms with Crippen molar-refractivity contribution in [2.45, 2.75) is 6.42 Å². The Bertz CT molecular complexity index is 547. The van der Waals surface area contributed by atoms with Gasteiger partial charge >= 0.3 is 5.97 Å². The first-order valence-corrected chi connectivity index (χ1v) is 5.57. The van der Waals surface area contributed by atoms with Crippen LogP contribution in [0.3, 0.4) is 0 Å². The van der Waals surface area contributed by atoms with Gasteiger partial charge in [-0.25, -0.2) is 13.6 Å². The molecule has 0 aromatic heterocycles. The summed E-state index contributed by atoms with van der Waals surface area (Å²) in [6.45, 7) is -0.145. The number of rotatable bonds is 3. The topological polar surface area (TPSA) is 77.8 Å². The molecule has 1 fully saturated rings. The zero-order valence-electron chi connectivity index (χ0n) is 9.77. The molecule has 0 spiro atoms. The van der Waals surface area contributed by atoms with Crippen molar-refractivity contribution in [1.82, 2.24) is 0 Å². The Kier molecular flexibility index (Phi) is 3.48. The number of carboxylic acid groups (broad SMARTS) is 1. The van der Waals surface area contributed by atoms with Crippen LogP contribution in [0.25, 0.3) is 0 Å². The van der Waals surface area contributed by atoms with Gasteiger partial charge in [-0.2, -0.15) is 0 Å². The van der Waals surface area contributed by atoms with Crippen LogP contribution in [0.2, 0.25) is 0 Å². The van der Waals surface area contributed by atoms with Crippen molar-refractivity contribution >= 4 is 17.6 Å². The lowest BCUT2D eigenvalue weighted by Gasteiger charge is -2.18. The van der Waals surface area contributed by atoms with Gasteiger partial charge in [-0.05, 0) is 6.07 Å². The highest BCUT2D eigenvalue weighted by Crippen LogP contribution is 2.29. The van der Waals surface area contributed by atoms with Crippen LogP contribution in [0.4, 0.5) is 14.5 Å². The minimum atomic E-state index is -1.54. The van der Waals surface area contributed by atoms with E-state index in [1.807, 2.05) is 0 Å². The number of halogens is 2. The van der Waals surface area contributed by atoms with Crippen LogP contribution in [-0.4, -0.2) is 35.2 Å². The van der Waals surface area contributed by atoms with E-state index in [1.165, 1.54) is 0 Å². The van der Waals surface area contributed by atoms with E-state index in [1.54, 1.807) is 0 Å². The molecule has 1 amide bonds. The third-order valence-corrected chi connectivity index (χ3v) is 3.02. The number of nitrogens with zero attached hydrogens (tertiary/aromatic N) is 1. The van der Waals surface area contributed by atoms with Crippen LogP contribution in [0.15, 0.2) is 12.1 Å². The third kappa shape index (κ3) is 2.41. The molecule has 1 heterocycles. The van der Waals surface area contributed by atoms with Crippen molar-refractivity contribution in [3.05, 3.63) is 29.3 Å². The Labute approximate surface area is 107 Å². The van der Waals surface area contributed by atoms with E-state index in [-0.39, 0.29) is 31.2 Å². The molecule has 0 aliphatic carbocycles. The molecule has 0 saturated carbocycles. The van der Waals surface area contributed by atoms with Gasteiger partial charge in [0.05, 0.1) is 11.3 Å². The van der Waals surface area contributed by atoms with Crippen LogP contribution in [0.5, 0.6) is 0 Å². The van der Waals surface area contributed by atoms with Crippen LogP contribution in [0.1, 0.15) is 16.8 Å². The van der Waals surface area contributed by atoms with Crippen molar-refractivity contribution in [2.24, 2.45) is 5.92 Å². The average Bonchev–Trinajstić information content (AvgIpc) is 2.70. The Morgan fingerprint density at radius 2 is 2.05 bits per heavy atom. The van der Waals surface area contributed by atoms with E-state index in [0.29, 0.717) is 6.07 Å². The number of amides is 1. The molecule has 102 valence electrons. The van der Waals surface area contributed by atoms with Gasteiger partial charge in [0.1, 0.15) is 11.6 Å². The van der Waals surface area contributed by atoms with Crippen molar-refractivity contribution in [1.29, 1.82) is 0 Å². The van der Waals surface area contributed by atoms with Crippen LogP contribution >= 0.6 is 0 Å². The molecule has 2 rings (SSSR count). The second-order valence-corrected chi connectivity index (χ2v) is 4.35. The summed E-state index contributed by atoms with van der Waals surface area (Å²) in [6.07, 6.45) is 0.0513. The number of aliphatic hydroxyl groups is 1. The van der Waals surface area contributed by atoms with Crippen molar-refractivity contribution in [3.8, 4) is 0 Å². The monoisotopic (exact) mass is 271 g/mol. The molecule has 1 aliphatic rings. The first-order chi connectivity index (χ1) is 8.93. The molecule has 1 unspecified atom stereocenters. The Morgan fingerprint density at radius 1 is 1.37 bits per heavy atom. The Balaban J connectivity index is 2.42. The van der Waals surface area contributed by atoms with E-state index in [4.69, 9.17) is 10.2 Å². The molecular weight excluding hydrogens is 260 g/mol. The fraction of sp³-hybridized carbons (Fsp3) is 0.333. The second-order valence-electron chi connectivity index (χ2n) is 4.35. The smallest absolute Gasteiger partial charge is 0.338 e. The number of benzene rings is 1. The molecule has 1 atom stereocenters. The molecule has 1 aliphatic heterocycles. The van der Waals surface area contributed by atoms with Gasteiger partial charge in [0.15, 0.2) is 0 Å². The van der Waals surface area contributed by atoms with Gasteiger partial charge in [-0.15, -0.1) is 0 Å². The standard InChI is InChI=1S/C12H11F2NO4/c13-8-3-9(14)10(2-7(8)12(18)19)15-4-6(5-16)1-11(15)17/h2-3,6,16H,1,4-5H2,(H,18,19). The fourth-order valence-corrected chi connectivity index (χ4v) is 2.04. The number of carboxylic acids is 1. The lowest BCUT2D eigenvalue weighted by molar-refractivity contribution is -0.117. The summed E-state index contributed by atoms with van der Waals surface area (Å²) in [5.41, 5.74) is -0.976. The Morgan fingerprint density at radius 3 is 2.58 bits per heavy atom. The molecule has 1 aromatic rings. The van der Waals surface area contributed by atoms with Crippen LogP contribution in [-0.2, 0) is 4.79 Å². The highest BCUT2D eigenvalue weighted by atomic mass is 19.1. The minimum Gasteiger partial charge on any atom is -0.478 e. The van der Waals surface area contributed by atoms with E-state index in [2.05, 4.69) is 0 Å². The molecule has 19 heavy (non-hydrogen) atoms. The summed E-state index contributed by atoms with van der Waals surface area (Å²) in [5.74, 6) is -4.50. The van der Waals surface area contributed by atoms with Gasteiger partial charge in [-0.1, -0.05) is 0 Å². The molecule has 1 saturated heterocycles. The fourth-order valence-electron chi connectivity index (χ4n) is 2.04. The van der Waals surface area contributed by atoms with Crippen LogP contribution in [0, 0.1) is 17.6 Å². The number of hydrogen-bond donors (Lipinski definition) is 2. The van der Waals surface area contributed by atoms with Gasteiger partial charge in [0.25, 0.3) is 0 Å². The van der Waals surface area contributed by atoms with E-state index in [9.17, 15) is 18.4 Å². The van der Waals surface area contributed by atoms with Crippen molar-refractivity contribution in [3.63, 3.8) is 0 Å². The highest BCUT2D eigenvalue weighted by molar-refractivity contribution is 5.97. The highest BCUT2D eigenvalue weighted by Gasteiger charge is 2.32. The van der Waals surface area contributed by atoms with Gasteiger partial charge in [0, 0.05) is 31.6 Å². The summed E-state index contributed by atoms with van der Waals surface area (Å²) < 4.78 is 26.9. The maximum absolute atomic E-state index is 13.7. The van der Waals surface area contributed by atoms with Gasteiger partial charge in [0.2, 0.25) is 5.91 Å². The number of anilines is 1. The molecule has 0 bridgehead atoms. The largest absolute Gasteiger partial charge is 0.478 e. The van der Waals surface area contributed by atoms with Crippen LogP contribution < -0.4 is 4.90 Å². The Hall–Kier alpha value is -2.02. The van der Waals surface area contributed by atoms with Gasteiger partial charge in [-0.3, -0.25) is 4.79 Å². The summed E-state index contributed by atoms with van der Waals surface area (Å²) in [4.78, 5) is 23.5. The zero-order valence-corrected chi connectivity index (χ0v) is 9.77. The maximum Gasteiger partial charge on any atom is 0.338 e. The molecular formula is C12H11F2NO4. The molecule has 2 N–H and O–H groups in total. The molecule has 1 aromatic carbocycles. The summed E-state index contributed by atoms with van der Waals surface area (Å²) >= 11 is 0. The lowest BCUT2D eigenvalue weighted by Crippen LogP contribution is -2.26. The zero-order chi connectivity index (χ0) is 14.2. The van der Waals surface area contributed by atoms with Crippen molar-refractivity contribution < 1.29 is 28.6 Å². The maximum atomic E-state index is 13.7. The van der Waals surface area contributed by atoms with E-state index in [0.717, 1.165) is 11.0 Å². The third-order valence-electron chi connectivity index (χ3n) is 3.02. The van der Waals surface area contributed by atoms with E-state index >= 15 is 0 Å². The first kappa shape index (κ1) is 13.4.